The Morgan fingerprint density at radius 3 is 2.43 bits per heavy atom. The quantitative estimate of drug-likeness (QED) is 0.340. The first kappa shape index (κ1) is 14.1. The molecule has 0 aromatic rings. The van der Waals surface area contributed by atoms with Crippen LogP contribution in [-0.4, -0.2) is 5.38 Å². The van der Waals surface area contributed by atoms with Crippen LogP contribution in [0.5, 0.6) is 0 Å². The summed E-state index contributed by atoms with van der Waals surface area (Å²) >= 11 is 11.7. The third kappa shape index (κ3) is 6.50. The zero-order valence-corrected chi connectivity index (χ0v) is 10.8. The summed E-state index contributed by atoms with van der Waals surface area (Å²) in [6.07, 6.45) is 5.54. The zero-order valence-electron chi connectivity index (χ0n) is 9.32. The highest BCUT2D eigenvalue weighted by Crippen LogP contribution is 2.18. The molecule has 0 aliphatic rings. The summed E-state index contributed by atoms with van der Waals surface area (Å²) in [5, 5.41) is 0.909. The molecule has 0 nitrogen and oxygen atoms in total. The van der Waals surface area contributed by atoms with Gasteiger partial charge in [0.15, 0.2) is 0 Å². The Hall–Kier alpha value is 0.0600. The fourth-order valence-electron chi connectivity index (χ4n) is 1.10. The number of hydrogen-bond donors (Lipinski definition) is 0. The largest absolute Gasteiger partial charge is 0.123 e. The van der Waals surface area contributed by atoms with Gasteiger partial charge in [-0.25, -0.2) is 0 Å². The molecule has 0 spiro atoms. The van der Waals surface area contributed by atoms with Crippen molar-refractivity contribution in [3.05, 3.63) is 23.3 Å². The van der Waals surface area contributed by atoms with Crippen LogP contribution in [0.4, 0.5) is 0 Å². The minimum absolute atomic E-state index is 0.267. The summed E-state index contributed by atoms with van der Waals surface area (Å²) in [5.41, 5.74) is 1.08. The standard InChI is InChI=1S/C12H20Cl2/c1-9(11(3)13)7-5-6-8-10(2)12(4)14/h7,10,12H,3,5-6,8H2,1-2,4H3. The third-order valence-electron chi connectivity index (χ3n) is 2.53. The topological polar surface area (TPSA) is 0 Å². The van der Waals surface area contributed by atoms with E-state index in [4.69, 9.17) is 23.2 Å². The molecule has 82 valence electrons. The SMILES string of the molecule is C=C(Cl)C(C)=CCCCC(C)C(C)Cl. The molecule has 2 unspecified atom stereocenters. The Labute approximate surface area is 98.0 Å². The summed E-state index contributed by atoms with van der Waals surface area (Å²) in [6, 6.07) is 0. The molecular weight excluding hydrogens is 215 g/mol. The Morgan fingerprint density at radius 1 is 1.43 bits per heavy atom. The molecule has 0 fully saturated rings. The predicted molar refractivity (Wildman–Crippen MR) is 67.1 cm³/mol. The van der Waals surface area contributed by atoms with Crippen LogP contribution in [0.2, 0.25) is 0 Å². The maximum absolute atomic E-state index is 5.97. The van der Waals surface area contributed by atoms with Crippen LogP contribution >= 0.6 is 23.2 Å². The second-order valence-corrected chi connectivity index (χ2v) is 5.02. The summed E-state index contributed by atoms with van der Waals surface area (Å²) in [5.74, 6) is 0.588. The van der Waals surface area contributed by atoms with E-state index in [1.54, 1.807) is 0 Å². The van der Waals surface area contributed by atoms with Crippen molar-refractivity contribution >= 4 is 23.2 Å². The second kappa shape index (κ2) is 7.36. The van der Waals surface area contributed by atoms with E-state index in [0.29, 0.717) is 11.0 Å². The maximum Gasteiger partial charge on any atom is 0.0360 e. The van der Waals surface area contributed by atoms with Gasteiger partial charge in [-0.1, -0.05) is 31.2 Å². The van der Waals surface area contributed by atoms with E-state index in [2.05, 4.69) is 19.6 Å². The highest BCUT2D eigenvalue weighted by molar-refractivity contribution is 6.31. The summed E-state index contributed by atoms with van der Waals surface area (Å²) in [6.45, 7) is 9.90. The van der Waals surface area contributed by atoms with Crippen molar-refractivity contribution in [2.75, 3.05) is 0 Å². The lowest BCUT2D eigenvalue weighted by Crippen LogP contribution is -2.06. The molecule has 0 heterocycles. The lowest BCUT2D eigenvalue weighted by Gasteiger charge is -2.12. The highest BCUT2D eigenvalue weighted by Gasteiger charge is 2.07. The van der Waals surface area contributed by atoms with Crippen molar-refractivity contribution in [2.24, 2.45) is 5.92 Å². The highest BCUT2D eigenvalue weighted by atomic mass is 35.5. The summed E-state index contributed by atoms with van der Waals surface area (Å²) < 4.78 is 0. The van der Waals surface area contributed by atoms with Crippen molar-refractivity contribution in [1.29, 1.82) is 0 Å². The van der Waals surface area contributed by atoms with Gasteiger partial charge in [0.2, 0.25) is 0 Å². The van der Waals surface area contributed by atoms with Gasteiger partial charge in [0.1, 0.15) is 0 Å². The predicted octanol–water partition coefficient (Wildman–Crippen LogP) is 5.12. The van der Waals surface area contributed by atoms with E-state index in [0.717, 1.165) is 12.0 Å². The summed E-state index contributed by atoms with van der Waals surface area (Å²) in [7, 11) is 0. The normalized spacial score (nSPS) is 16.5. The molecule has 2 heteroatoms. The smallest absolute Gasteiger partial charge is 0.0360 e. The van der Waals surface area contributed by atoms with E-state index >= 15 is 0 Å². The van der Waals surface area contributed by atoms with Crippen LogP contribution < -0.4 is 0 Å². The van der Waals surface area contributed by atoms with Gasteiger partial charge < -0.3 is 0 Å². The van der Waals surface area contributed by atoms with Gasteiger partial charge in [-0.15, -0.1) is 11.6 Å². The van der Waals surface area contributed by atoms with Crippen molar-refractivity contribution in [3.63, 3.8) is 0 Å². The van der Waals surface area contributed by atoms with Crippen molar-refractivity contribution in [2.45, 2.75) is 45.4 Å². The van der Waals surface area contributed by atoms with Gasteiger partial charge in [0.05, 0.1) is 0 Å². The Morgan fingerprint density at radius 2 is 2.00 bits per heavy atom. The van der Waals surface area contributed by atoms with Gasteiger partial charge in [-0.05, 0) is 44.6 Å². The molecule has 0 saturated heterocycles. The molecule has 0 radical (unpaired) electrons. The van der Waals surface area contributed by atoms with Crippen molar-refractivity contribution in [3.8, 4) is 0 Å². The second-order valence-electron chi connectivity index (χ2n) is 3.88. The van der Waals surface area contributed by atoms with Gasteiger partial charge >= 0.3 is 0 Å². The number of unbranched alkanes of at least 4 members (excludes halogenated alkanes) is 1. The Kier molecular flexibility index (Phi) is 7.40. The lowest BCUT2D eigenvalue weighted by molar-refractivity contribution is 0.504. The van der Waals surface area contributed by atoms with Crippen LogP contribution in [0, 0.1) is 5.92 Å². The third-order valence-corrected chi connectivity index (χ3v) is 3.25. The molecule has 0 aromatic carbocycles. The molecule has 0 saturated carbocycles. The Balaban J connectivity index is 3.66. The van der Waals surface area contributed by atoms with E-state index < -0.39 is 0 Å². The monoisotopic (exact) mass is 234 g/mol. The molecule has 0 N–H and O–H groups in total. The van der Waals surface area contributed by atoms with E-state index in [1.807, 2.05) is 13.8 Å². The molecule has 0 rings (SSSR count). The molecular formula is C12H20Cl2. The molecule has 0 aliphatic carbocycles. The number of rotatable bonds is 6. The first-order chi connectivity index (χ1) is 6.45. The fraction of sp³-hybridized carbons (Fsp3) is 0.667. The van der Waals surface area contributed by atoms with Crippen LogP contribution in [0.15, 0.2) is 23.3 Å². The lowest BCUT2D eigenvalue weighted by atomic mass is 10.0. The number of alkyl halides is 1. The molecule has 14 heavy (non-hydrogen) atoms. The van der Waals surface area contributed by atoms with E-state index in [1.165, 1.54) is 12.8 Å². The van der Waals surface area contributed by atoms with Crippen LogP contribution in [0.1, 0.15) is 40.0 Å². The van der Waals surface area contributed by atoms with E-state index in [9.17, 15) is 0 Å². The maximum atomic E-state index is 5.97. The number of hydrogen-bond acceptors (Lipinski definition) is 0. The van der Waals surface area contributed by atoms with Gasteiger partial charge in [-0.3, -0.25) is 0 Å². The van der Waals surface area contributed by atoms with Gasteiger partial charge in [0.25, 0.3) is 0 Å². The number of allylic oxidation sites excluding steroid dienone is 3. The number of halogens is 2. The van der Waals surface area contributed by atoms with Gasteiger partial charge in [0, 0.05) is 10.4 Å². The average Bonchev–Trinajstić information content (AvgIpc) is 2.11. The zero-order chi connectivity index (χ0) is 11.1. The molecule has 0 aromatic heterocycles. The van der Waals surface area contributed by atoms with Gasteiger partial charge in [-0.2, -0.15) is 0 Å². The fourth-order valence-corrected chi connectivity index (χ4v) is 1.30. The summed E-state index contributed by atoms with van der Waals surface area (Å²) in [4.78, 5) is 0. The van der Waals surface area contributed by atoms with Crippen LogP contribution in [0.25, 0.3) is 0 Å². The first-order valence-corrected chi connectivity index (χ1v) is 5.92. The van der Waals surface area contributed by atoms with Crippen molar-refractivity contribution in [1.82, 2.24) is 0 Å². The average molecular weight is 235 g/mol. The van der Waals surface area contributed by atoms with Crippen LogP contribution in [0.3, 0.4) is 0 Å². The first-order valence-electron chi connectivity index (χ1n) is 5.10. The molecule has 0 bridgehead atoms. The minimum Gasteiger partial charge on any atom is -0.123 e. The van der Waals surface area contributed by atoms with Crippen LogP contribution in [-0.2, 0) is 0 Å². The Bertz CT molecular complexity index is 204. The minimum atomic E-state index is 0.267. The molecule has 2 atom stereocenters. The molecule has 0 amide bonds. The van der Waals surface area contributed by atoms with Crippen molar-refractivity contribution < 1.29 is 0 Å². The van der Waals surface area contributed by atoms with E-state index in [-0.39, 0.29) is 5.38 Å². The molecule has 0 aliphatic heterocycles.